The number of rotatable bonds is 12. The maximum absolute atomic E-state index is 13.0. The predicted molar refractivity (Wildman–Crippen MR) is 148 cm³/mol. The van der Waals surface area contributed by atoms with E-state index in [1.54, 1.807) is 49.4 Å². The van der Waals surface area contributed by atoms with Gasteiger partial charge in [0.2, 0.25) is 9.84 Å². The maximum Gasteiger partial charge on any atom is 0.325 e. The third-order valence-corrected chi connectivity index (χ3v) is 7.54. The van der Waals surface area contributed by atoms with E-state index < -0.39 is 27.8 Å². The minimum absolute atomic E-state index is 0. The number of aliphatic hydroxyl groups excluding tert-OH is 1. The Kier molecular flexibility index (Phi) is 12.2. The highest BCUT2D eigenvalue weighted by molar-refractivity contribution is 7.91. The summed E-state index contributed by atoms with van der Waals surface area (Å²) in [6.45, 7) is 2.58. The van der Waals surface area contributed by atoms with Gasteiger partial charge >= 0.3 is 5.97 Å². The van der Waals surface area contributed by atoms with Crippen LogP contribution in [-0.2, 0) is 25.8 Å². The summed E-state index contributed by atoms with van der Waals surface area (Å²) in [5, 5.41) is 16.5. The van der Waals surface area contributed by atoms with Gasteiger partial charge in [-0.15, -0.1) is 12.4 Å². The Labute approximate surface area is 233 Å². The van der Waals surface area contributed by atoms with E-state index in [0.29, 0.717) is 24.5 Å². The Morgan fingerprint density at radius 1 is 1.00 bits per heavy atom. The molecule has 0 saturated carbocycles. The second-order valence-electron chi connectivity index (χ2n) is 8.18. The van der Waals surface area contributed by atoms with Crippen molar-refractivity contribution in [1.29, 1.82) is 0 Å². The van der Waals surface area contributed by atoms with Crippen LogP contribution in [0, 0.1) is 0 Å². The highest BCUT2D eigenvalue weighted by Crippen LogP contribution is 2.22. The third-order valence-electron chi connectivity index (χ3n) is 5.52. The van der Waals surface area contributed by atoms with Gasteiger partial charge in [-0.1, -0.05) is 35.9 Å². The normalized spacial score (nSPS) is 11.8. The van der Waals surface area contributed by atoms with Crippen molar-refractivity contribution in [2.24, 2.45) is 0 Å². The zero-order chi connectivity index (χ0) is 26.8. The molecule has 0 bridgehead atoms. The molecule has 0 spiro atoms. The van der Waals surface area contributed by atoms with Gasteiger partial charge in [-0.3, -0.25) is 9.59 Å². The number of hydrogen-bond donors (Lipinski definition) is 3. The lowest BCUT2D eigenvalue weighted by Crippen LogP contribution is -2.30. The van der Waals surface area contributed by atoms with Gasteiger partial charge in [-0.2, -0.15) is 0 Å². The topological polar surface area (TPSA) is 122 Å². The van der Waals surface area contributed by atoms with E-state index in [1.807, 2.05) is 6.07 Å². The molecule has 204 valence electrons. The monoisotopic (exact) mass is 580 g/mol. The third kappa shape index (κ3) is 8.82. The number of aliphatic hydroxyl groups is 1. The molecule has 38 heavy (non-hydrogen) atoms. The summed E-state index contributed by atoms with van der Waals surface area (Å²) in [4.78, 5) is 23.7. The van der Waals surface area contributed by atoms with E-state index in [2.05, 4.69) is 10.6 Å². The number of nitrogens with one attached hydrogen (secondary N) is 2. The predicted octanol–water partition coefficient (Wildman–Crippen LogP) is 3.75. The molecule has 1 atom stereocenters. The molecule has 0 heterocycles. The molecule has 11 heteroatoms. The van der Waals surface area contributed by atoms with Gasteiger partial charge in [0.15, 0.2) is 0 Å². The summed E-state index contributed by atoms with van der Waals surface area (Å²) in [7, 11) is -3.77. The molecule has 0 aliphatic heterocycles. The van der Waals surface area contributed by atoms with Crippen LogP contribution in [0.4, 0.5) is 0 Å². The molecule has 0 radical (unpaired) electrons. The molecule has 3 N–H and O–H groups in total. The van der Waals surface area contributed by atoms with Crippen molar-refractivity contribution < 1.29 is 27.9 Å². The van der Waals surface area contributed by atoms with Crippen LogP contribution in [-0.4, -0.2) is 51.6 Å². The second-order valence-corrected chi connectivity index (χ2v) is 10.6. The first-order chi connectivity index (χ1) is 17.7. The molecule has 1 amide bonds. The molecule has 0 aliphatic rings. The minimum atomic E-state index is -3.77. The van der Waals surface area contributed by atoms with Gasteiger partial charge in [0.05, 0.1) is 22.5 Å². The number of sulfone groups is 1. The van der Waals surface area contributed by atoms with E-state index in [9.17, 15) is 23.1 Å². The molecular formula is C27H30Cl2N2O6S. The first-order valence-corrected chi connectivity index (χ1v) is 13.6. The van der Waals surface area contributed by atoms with Crippen LogP contribution in [0.2, 0.25) is 5.02 Å². The lowest BCUT2D eigenvalue weighted by molar-refractivity contribution is -0.141. The van der Waals surface area contributed by atoms with Crippen LogP contribution < -0.4 is 10.6 Å². The zero-order valence-electron chi connectivity index (χ0n) is 20.7. The van der Waals surface area contributed by atoms with Crippen molar-refractivity contribution in [2.45, 2.75) is 29.2 Å². The SMILES string of the molecule is CCOC(=O)CNC(=O)c1ccc(S(=O)(=O)c2ccc(CCNC[C@H](O)c3cccc(Cl)c3)cc2)cc1.Cl. The summed E-state index contributed by atoms with van der Waals surface area (Å²) < 4.78 is 30.7. The van der Waals surface area contributed by atoms with Gasteiger partial charge in [-0.05, 0) is 79.5 Å². The van der Waals surface area contributed by atoms with Gasteiger partial charge in [0.1, 0.15) is 6.54 Å². The lowest BCUT2D eigenvalue weighted by atomic mass is 10.1. The number of carbonyl (C=O) groups is 2. The zero-order valence-corrected chi connectivity index (χ0v) is 23.1. The number of carbonyl (C=O) groups excluding carboxylic acids is 2. The van der Waals surface area contributed by atoms with Crippen LogP contribution in [0.5, 0.6) is 0 Å². The summed E-state index contributed by atoms with van der Waals surface area (Å²) in [5.41, 5.74) is 1.91. The summed E-state index contributed by atoms with van der Waals surface area (Å²) in [6.07, 6.45) is -0.0284. The van der Waals surface area contributed by atoms with Gasteiger partial charge < -0.3 is 20.5 Å². The number of esters is 1. The van der Waals surface area contributed by atoms with Crippen molar-refractivity contribution in [2.75, 3.05) is 26.2 Å². The average Bonchev–Trinajstić information content (AvgIpc) is 2.90. The molecule has 0 aromatic heterocycles. The van der Waals surface area contributed by atoms with Crippen LogP contribution >= 0.6 is 24.0 Å². The number of benzene rings is 3. The van der Waals surface area contributed by atoms with E-state index in [4.69, 9.17) is 16.3 Å². The lowest BCUT2D eigenvalue weighted by Gasteiger charge is -2.13. The molecule has 0 saturated heterocycles. The number of ether oxygens (including phenoxy) is 1. The molecule has 3 aromatic rings. The van der Waals surface area contributed by atoms with Crippen molar-refractivity contribution in [3.8, 4) is 0 Å². The summed E-state index contributed by atoms with van der Waals surface area (Å²) in [5.74, 6) is -1.06. The molecular weight excluding hydrogens is 551 g/mol. The van der Waals surface area contributed by atoms with Crippen LogP contribution in [0.3, 0.4) is 0 Å². The van der Waals surface area contributed by atoms with Crippen LogP contribution in [0.1, 0.15) is 34.5 Å². The van der Waals surface area contributed by atoms with Gasteiger partial charge in [0.25, 0.3) is 5.91 Å². The van der Waals surface area contributed by atoms with Gasteiger partial charge in [-0.25, -0.2) is 8.42 Å². The van der Waals surface area contributed by atoms with Gasteiger partial charge in [0, 0.05) is 17.1 Å². The average molecular weight is 582 g/mol. The van der Waals surface area contributed by atoms with Crippen molar-refractivity contribution in [3.63, 3.8) is 0 Å². The first kappa shape index (κ1) is 31.3. The van der Waals surface area contributed by atoms with Crippen molar-refractivity contribution in [3.05, 3.63) is 94.5 Å². The summed E-state index contributed by atoms with van der Waals surface area (Å²) >= 11 is 5.96. The number of hydrogen-bond acceptors (Lipinski definition) is 7. The fraction of sp³-hybridized carbons (Fsp3) is 0.259. The van der Waals surface area contributed by atoms with Crippen LogP contribution in [0.25, 0.3) is 0 Å². The van der Waals surface area contributed by atoms with Crippen molar-refractivity contribution in [1.82, 2.24) is 10.6 Å². The van der Waals surface area contributed by atoms with E-state index >= 15 is 0 Å². The number of amides is 1. The second kappa shape index (κ2) is 14.8. The molecule has 0 unspecified atom stereocenters. The molecule has 0 fully saturated rings. The Morgan fingerprint density at radius 3 is 2.24 bits per heavy atom. The largest absolute Gasteiger partial charge is 0.465 e. The van der Waals surface area contributed by atoms with E-state index in [0.717, 1.165) is 11.1 Å². The Hall–Kier alpha value is -2.95. The van der Waals surface area contributed by atoms with Crippen molar-refractivity contribution >= 4 is 45.7 Å². The number of halogens is 2. The standard InChI is InChI=1S/C27H29ClN2O6S.ClH/c1-2-36-26(32)18-30-27(33)20-8-12-24(13-9-20)37(34,35)23-10-6-19(7-11-23)14-15-29-17-25(31)21-4-3-5-22(28)16-21;/h3-13,16,25,29,31H,2,14-15,17-18H2,1H3,(H,30,33);1H/t25-;/m0./s1. The summed E-state index contributed by atoms with van der Waals surface area (Å²) in [6, 6.07) is 19.2. The first-order valence-electron chi connectivity index (χ1n) is 11.7. The fourth-order valence-corrected chi connectivity index (χ4v) is 4.99. The van der Waals surface area contributed by atoms with Crippen LogP contribution in [0.15, 0.2) is 82.6 Å². The van der Waals surface area contributed by atoms with E-state index in [1.165, 1.54) is 24.3 Å². The minimum Gasteiger partial charge on any atom is -0.465 e. The maximum atomic E-state index is 13.0. The Bertz CT molecular complexity index is 1320. The molecule has 0 aliphatic carbocycles. The highest BCUT2D eigenvalue weighted by atomic mass is 35.5. The molecule has 3 aromatic carbocycles. The fourth-order valence-electron chi connectivity index (χ4n) is 3.53. The van der Waals surface area contributed by atoms with E-state index in [-0.39, 0.29) is 40.9 Å². The molecule has 8 nitrogen and oxygen atoms in total. The highest BCUT2D eigenvalue weighted by Gasteiger charge is 2.18. The Morgan fingerprint density at radius 2 is 1.63 bits per heavy atom. The smallest absolute Gasteiger partial charge is 0.325 e. The molecule has 3 rings (SSSR count). The Balaban J connectivity index is 0.00000507. The quantitative estimate of drug-likeness (QED) is 0.220.